The number of benzene rings is 1. The van der Waals surface area contributed by atoms with Crippen molar-refractivity contribution in [2.45, 2.75) is 20.3 Å². The molecule has 0 fully saturated rings. The van der Waals surface area contributed by atoms with Gasteiger partial charge in [-0.15, -0.1) is 11.3 Å². The van der Waals surface area contributed by atoms with Gasteiger partial charge in [-0.3, -0.25) is 4.79 Å². The van der Waals surface area contributed by atoms with E-state index in [2.05, 4.69) is 10.3 Å². The first-order valence-corrected chi connectivity index (χ1v) is 6.88. The Morgan fingerprint density at radius 2 is 2.10 bits per heavy atom. The number of rotatable bonds is 4. The van der Waals surface area contributed by atoms with Crippen LogP contribution in [0.2, 0.25) is 0 Å². The van der Waals surface area contributed by atoms with Gasteiger partial charge in [-0.05, 0) is 31.5 Å². The lowest BCUT2D eigenvalue weighted by molar-refractivity contribution is -0.115. The molecule has 1 heterocycles. The number of nitrogens with zero attached hydrogens (tertiary/aromatic N) is 1. The highest BCUT2D eigenvalue weighted by Gasteiger charge is 2.11. The second kappa shape index (κ2) is 5.83. The third kappa shape index (κ3) is 3.42. The summed E-state index contributed by atoms with van der Waals surface area (Å²) in [5, 5.41) is 14.5. The Hall–Kier alpha value is -2.21. The molecule has 20 heavy (non-hydrogen) atoms. The van der Waals surface area contributed by atoms with Crippen LogP contribution < -0.4 is 5.32 Å². The van der Waals surface area contributed by atoms with Crippen LogP contribution in [-0.4, -0.2) is 22.0 Å². The summed E-state index contributed by atoms with van der Waals surface area (Å²) in [7, 11) is 0. The summed E-state index contributed by atoms with van der Waals surface area (Å²) in [6.45, 7) is 3.60. The lowest BCUT2D eigenvalue weighted by Gasteiger charge is -2.07. The average Bonchev–Trinajstić information content (AvgIpc) is 2.76. The minimum atomic E-state index is -1.01. The molecule has 104 valence electrons. The lowest BCUT2D eigenvalue weighted by Crippen LogP contribution is -2.15. The quantitative estimate of drug-likeness (QED) is 0.907. The molecule has 5 nitrogen and oxygen atoms in total. The molecule has 0 aliphatic heterocycles. The number of carbonyl (C=O) groups excluding carboxylic acids is 1. The van der Waals surface area contributed by atoms with Gasteiger partial charge in [0.2, 0.25) is 5.91 Å². The van der Waals surface area contributed by atoms with Crippen LogP contribution in [0, 0.1) is 13.8 Å². The average molecular weight is 290 g/mol. The van der Waals surface area contributed by atoms with Gasteiger partial charge in [0.15, 0.2) is 0 Å². The number of amides is 1. The number of aromatic nitrogens is 1. The van der Waals surface area contributed by atoms with Crippen molar-refractivity contribution >= 4 is 28.9 Å². The monoisotopic (exact) mass is 290 g/mol. The number of carboxylic acids is 1. The van der Waals surface area contributed by atoms with Crippen LogP contribution in [0.25, 0.3) is 0 Å². The van der Waals surface area contributed by atoms with Gasteiger partial charge in [0, 0.05) is 11.1 Å². The Kier molecular flexibility index (Phi) is 4.14. The first-order valence-electron chi connectivity index (χ1n) is 6.00. The zero-order chi connectivity index (χ0) is 14.7. The fourth-order valence-corrected chi connectivity index (χ4v) is 2.40. The zero-order valence-electron chi connectivity index (χ0n) is 11.1. The number of carbonyl (C=O) groups is 2. The van der Waals surface area contributed by atoms with Crippen molar-refractivity contribution in [1.82, 2.24) is 4.98 Å². The highest BCUT2D eigenvalue weighted by atomic mass is 32.1. The summed E-state index contributed by atoms with van der Waals surface area (Å²) in [5.74, 6) is -1.22. The summed E-state index contributed by atoms with van der Waals surface area (Å²) < 4.78 is 0. The fourth-order valence-electron chi connectivity index (χ4n) is 1.79. The predicted molar refractivity (Wildman–Crippen MR) is 77.3 cm³/mol. The van der Waals surface area contributed by atoms with Gasteiger partial charge >= 0.3 is 5.97 Å². The van der Waals surface area contributed by atoms with Crippen LogP contribution in [0.1, 0.15) is 26.6 Å². The van der Waals surface area contributed by atoms with Crippen molar-refractivity contribution < 1.29 is 14.7 Å². The molecule has 0 spiro atoms. The number of anilines is 1. The largest absolute Gasteiger partial charge is 0.478 e. The van der Waals surface area contributed by atoms with Crippen LogP contribution in [0.4, 0.5) is 5.69 Å². The Labute approximate surface area is 120 Å². The molecule has 0 aliphatic rings. The maximum absolute atomic E-state index is 11.9. The van der Waals surface area contributed by atoms with Gasteiger partial charge in [0.1, 0.15) is 0 Å². The van der Waals surface area contributed by atoms with E-state index in [1.807, 2.05) is 12.3 Å². The molecule has 1 aromatic heterocycles. The maximum Gasteiger partial charge on any atom is 0.336 e. The maximum atomic E-state index is 11.9. The number of aromatic carboxylic acids is 1. The van der Waals surface area contributed by atoms with Crippen molar-refractivity contribution in [1.29, 1.82) is 0 Å². The van der Waals surface area contributed by atoms with E-state index in [4.69, 9.17) is 5.11 Å². The number of carboxylic acid groups (broad SMARTS) is 1. The summed E-state index contributed by atoms with van der Waals surface area (Å²) in [4.78, 5) is 27.1. The highest BCUT2D eigenvalue weighted by molar-refractivity contribution is 7.09. The molecule has 2 N–H and O–H groups in total. The van der Waals surface area contributed by atoms with E-state index < -0.39 is 5.97 Å². The first kappa shape index (κ1) is 14.2. The van der Waals surface area contributed by atoms with Gasteiger partial charge < -0.3 is 10.4 Å². The number of nitrogens with one attached hydrogen (secondary N) is 1. The van der Waals surface area contributed by atoms with E-state index in [0.717, 1.165) is 10.7 Å². The Bertz CT molecular complexity index is 664. The molecule has 0 atom stereocenters. The molecule has 2 rings (SSSR count). The van der Waals surface area contributed by atoms with Crippen LogP contribution >= 0.6 is 11.3 Å². The van der Waals surface area contributed by atoms with Crippen LogP contribution in [0.3, 0.4) is 0 Å². The van der Waals surface area contributed by atoms with Crippen LogP contribution in [0.15, 0.2) is 23.6 Å². The molecule has 0 radical (unpaired) electrons. The lowest BCUT2D eigenvalue weighted by atomic mass is 10.1. The SMILES string of the molecule is Cc1nc(CC(=O)Nc2ccc(C)c(C(=O)O)c2)cs1. The van der Waals surface area contributed by atoms with E-state index in [-0.39, 0.29) is 17.9 Å². The molecule has 0 unspecified atom stereocenters. The molecular weight excluding hydrogens is 276 g/mol. The summed E-state index contributed by atoms with van der Waals surface area (Å²) in [6.07, 6.45) is 0.181. The minimum absolute atomic E-state index is 0.181. The third-order valence-electron chi connectivity index (χ3n) is 2.76. The molecule has 0 bridgehead atoms. The van der Waals surface area contributed by atoms with E-state index in [1.54, 1.807) is 19.1 Å². The Morgan fingerprint density at radius 3 is 2.70 bits per heavy atom. The molecule has 0 aliphatic carbocycles. The standard InChI is InChI=1S/C14H14N2O3S/c1-8-3-4-10(5-12(8)14(18)19)16-13(17)6-11-7-20-9(2)15-11/h3-5,7H,6H2,1-2H3,(H,16,17)(H,18,19). The molecule has 1 aromatic carbocycles. The molecular formula is C14H14N2O3S. The summed E-state index contributed by atoms with van der Waals surface area (Å²) in [6, 6.07) is 4.82. The van der Waals surface area contributed by atoms with E-state index in [1.165, 1.54) is 17.4 Å². The Balaban J connectivity index is 2.08. The van der Waals surface area contributed by atoms with Gasteiger partial charge in [0.25, 0.3) is 0 Å². The molecule has 0 saturated heterocycles. The predicted octanol–water partition coefficient (Wildman–Crippen LogP) is 2.64. The topological polar surface area (TPSA) is 79.3 Å². The van der Waals surface area contributed by atoms with Crippen molar-refractivity contribution in [3.63, 3.8) is 0 Å². The third-order valence-corrected chi connectivity index (χ3v) is 3.58. The fraction of sp³-hybridized carbons (Fsp3) is 0.214. The van der Waals surface area contributed by atoms with Gasteiger partial charge in [-0.2, -0.15) is 0 Å². The van der Waals surface area contributed by atoms with Gasteiger partial charge in [-0.25, -0.2) is 9.78 Å². The number of hydrogen-bond donors (Lipinski definition) is 2. The molecule has 6 heteroatoms. The first-order chi connectivity index (χ1) is 9.45. The van der Waals surface area contributed by atoms with Crippen LogP contribution in [-0.2, 0) is 11.2 Å². The second-order valence-corrected chi connectivity index (χ2v) is 5.48. The number of aryl methyl sites for hydroxylation is 2. The van der Waals surface area contributed by atoms with Gasteiger partial charge in [-0.1, -0.05) is 6.07 Å². The van der Waals surface area contributed by atoms with E-state index in [0.29, 0.717) is 11.3 Å². The number of thiazole rings is 1. The normalized spacial score (nSPS) is 10.3. The van der Waals surface area contributed by atoms with Crippen molar-refractivity contribution in [2.24, 2.45) is 0 Å². The van der Waals surface area contributed by atoms with E-state index >= 15 is 0 Å². The smallest absolute Gasteiger partial charge is 0.336 e. The van der Waals surface area contributed by atoms with Crippen molar-refractivity contribution in [2.75, 3.05) is 5.32 Å². The van der Waals surface area contributed by atoms with Crippen LogP contribution in [0.5, 0.6) is 0 Å². The highest BCUT2D eigenvalue weighted by Crippen LogP contribution is 2.16. The Morgan fingerprint density at radius 1 is 1.35 bits per heavy atom. The molecule has 0 saturated carbocycles. The van der Waals surface area contributed by atoms with Crippen molar-refractivity contribution in [3.05, 3.63) is 45.4 Å². The minimum Gasteiger partial charge on any atom is -0.478 e. The summed E-state index contributed by atoms with van der Waals surface area (Å²) >= 11 is 1.49. The summed E-state index contributed by atoms with van der Waals surface area (Å²) in [5.41, 5.74) is 2.04. The molecule has 1 amide bonds. The molecule has 2 aromatic rings. The van der Waals surface area contributed by atoms with Gasteiger partial charge in [0.05, 0.1) is 22.7 Å². The number of hydrogen-bond acceptors (Lipinski definition) is 4. The van der Waals surface area contributed by atoms with Crippen molar-refractivity contribution in [3.8, 4) is 0 Å². The zero-order valence-corrected chi connectivity index (χ0v) is 12.0. The second-order valence-electron chi connectivity index (χ2n) is 4.42. The van der Waals surface area contributed by atoms with E-state index in [9.17, 15) is 9.59 Å².